The van der Waals surface area contributed by atoms with Crippen LogP contribution >= 0.6 is 11.3 Å². The number of nitrogens with zero attached hydrogens (tertiary/aromatic N) is 2. The molecule has 2 aromatic heterocycles. The van der Waals surface area contributed by atoms with E-state index in [4.69, 9.17) is 14.5 Å². The van der Waals surface area contributed by atoms with E-state index in [1.807, 2.05) is 30.5 Å². The third-order valence-corrected chi connectivity index (χ3v) is 4.80. The van der Waals surface area contributed by atoms with Crippen LogP contribution < -0.4 is 9.47 Å². The van der Waals surface area contributed by atoms with Crippen LogP contribution in [0.2, 0.25) is 0 Å². The number of hydrogen-bond acceptors (Lipinski definition) is 5. The van der Waals surface area contributed by atoms with Crippen molar-refractivity contribution in [2.75, 3.05) is 14.2 Å². The highest BCUT2D eigenvalue weighted by Gasteiger charge is 2.16. The molecule has 1 aromatic carbocycles. The fraction of sp³-hybridized carbons (Fsp3) is 0.222. The van der Waals surface area contributed by atoms with Gasteiger partial charge in [0.15, 0.2) is 11.5 Å². The van der Waals surface area contributed by atoms with Crippen molar-refractivity contribution in [1.29, 1.82) is 0 Å². The molecule has 0 saturated heterocycles. The molecule has 0 amide bonds. The minimum absolute atomic E-state index is 0.702. The van der Waals surface area contributed by atoms with E-state index < -0.39 is 0 Å². The van der Waals surface area contributed by atoms with Crippen LogP contribution in [0.5, 0.6) is 11.5 Å². The predicted molar refractivity (Wildman–Crippen MR) is 93.3 cm³/mol. The Morgan fingerprint density at radius 2 is 1.87 bits per heavy atom. The average Bonchev–Trinajstić information content (AvgIpc) is 3.06. The number of methoxy groups -OCH3 is 2. The highest BCUT2D eigenvalue weighted by molar-refractivity contribution is 7.15. The summed E-state index contributed by atoms with van der Waals surface area (Å²) < 4.78 is 10.7. The van der Waals surface area contributed by atoms with Crippen LogP contribution in [0.3, 0.4) is 0 Å². The van der Waals surface area contributed by atoms with Crippen LogP contribution in [0.15, 0.2) is 42.7 Å². The molecule has 118 valence electrons. The Morgan fingerprint density at radius 3 is 2.52 bits per heavy atom. The number of aromatic nitrogens is 2. The maximum Gasteiger partial charge on any atom is 0.161 e. The van der Waals surface area contributed by atoms with E-state index in [9.17, 15) is 0 Å². The molecule has 3 rings (SSSR count). The Kier molecular flexibility index (Phi) is 4.57. The van der Waals surface area contributed by atoms with Crippen molar-refractivity contribution < 1.29 is 9.47 Å². The molecule has 0 atom stereocenters. The van der Waals surface area contributed by atoms with Gasteiger partial charge in [0.2, 0.25) is 0 Å². The van der Waals surface area contributed by atoms with Gasteiger partial charge in [-0.1, -0.05) is 13.0 Å². The highest BCUT2D eigenvalue weighted by Crippen LogP contribution is 2.39. The summed E-state index contributed by atoms with van der Waals surface area (Å²) in [5, 5.41) is 1.11. The molecule has 0 radical (unpaired) electrons. The van der Waals surface area contributed by atoms with Gasteiger partial charge in [-0.05, 0) is 30.7 Å². The molecule has 0 aliphatic carbocycles. The number of ether oxygens (including phenoxy) is 2. The van der Waals surface area contributed by atoms with E-state index >= 15 is 0 Å². The molecular weight excluding hydrogens is 308 g/mol. The van der Waals surface area contributed by atoms with E-state index in [-0.39, 0.29) is 0 Å². The normalized spacial score (nSPS) is 10.6. The Labute approximate surface area is 139 Å². The maximum absolute atomic E-state index is 5.42. The van der Waals surface area contributed by atoms with Crippen LogP contribution in [-0.2, 0) is 6.42 Å². The first-order valence-corrected chi connectivity index (χ1v) is 8.21. The molecule has 2 heterocycles. The second-order valence-electron chi connectivity index (χ2n) is 4.95. The van der Waals surface area contributed by atoms with Gasteiger partial charge in [0, 0.05) is 23.5 Å². The van der Waals surface area contributed by atoms with Gasteiger partial charge in [0.1, 0.15) is 0 Å². The molecule has 4 nitrogen and oxygen atoms in total. The van der Waals surface area contributed by atoms with Crippen molar-refractivity contribution in [3.8, 4) is 33.2 Å². The van der Waals surface area contributed by atoms with Crippen molar-refractivity contribution in [1.82, 2.24) is 9.97 Å². The summed E-state index contributed by atoms with van der Waals surface area (Å²) in [6.07, 6.45) is 4.56. The van der Waals surface area contributed by atoms with Crippen LogP contribution in [0.4, 0.5) is 0 Å². The van der Waals surface area contributed by atoms with E-state index in [1.165, 1.54) is 0 Å². The second-order valence-corrected chi connectivity index (χ2v) is 6.03. The van der Waals surface area contributed by atoms with Gasteiger partial charge in [0.05, 0.1) is 29.8 Å². The molecule has 0 fully saturated rings. The molecule has 0 aliphatic rings. The molecule has 3 aromatic rings. The summed E-state index contributed by atoms with van der Waals surface area (Å²) in [6.45, 7) is 2.12. The molecule has 5 heteroatoms. The third-order valence-electron chi connectivity index (χ3n) is 3.55. The lowest BCUT2D eigenvalue weighted by molar-refractivity contribution is 0.355. The number of pyridine rings is 1. The molecule has 0 spiro atoms. The van der Waals surface area contributed by atoms with Crippen molar-refractivity contribution in [2.24, 2.45) is 0 Å². The molecule has 0 N–H and O–H groups in total. The van der Waals surface area contributed by atoms with Crippen molar-refractivity contribution in [2.45, 2.75) is 13.3 Å². The van der Waals surface area contributed by atoms with Gasteiger partial charge in [0.25, 0.3) is 0 Å². The molecule has 23 heavy (non-hydrogen) atoms. The number of thiazole rings is 1. The lowest BCUT2D eigenvalue weighted by atomic mass is 10.1. The molecule has 0 saturated carbocycles. The fourth-order valence-electron chi connectivity index (χ4n) is 2.39. The Hall–Kier alpha value is -2.40. The first-order chi connectivity index (χ1) is 11.3. The number of hydrogen-bond donors (Lipinski definition) is 0. The summed E-state index contributed by atoms with van der Waals surface area (Å²) in [5.74, 6) is 1.42. The zero-order chi connectivity index (χ0) is 16.2. The van der Waals surface area contributed by atoms with Gasteiger partial charge in [-0.2, -0.15) is 0 Å². The van der Waals surface area contributed by atoms with Crippen LogP contribution in [0, 0.1) is 0 Å². The topological polar surface area (TPSA) is 44.2 Å². The molecule has 0 bridgehead atoms. The highest BCUT2D eigenvalue weighted by atomic mass is 32.1. The van der Waals surface area contributed by atoms with Crippen molar-refractivity contribution >= 4 is 11.3 Å². The monoisotopic (exact) mass is 326 g/mol. The first-order valence-electron chi connectivity index (χ1n) is 7.39. The third kappa shape index (κ3) is 3.05. The van der Waals surface area contributed by atoms with Crippen molar-refractivity contribution in [3.63, 3.8) is 0 Å². The zero-order valence-electron chi connectivity index (χ0n) is 13.4. The quantitative estimate of drug-likeness (QED) is 0.695. The van der Waals surface area contributed by atoms with E-state index in [2.05, 4.69) is 18.0 Å². The minimum atomic E-state index is 0.702. The Bertz CT molecular complexity index is 800. The van der Waals surface area contributed by atoms with Crippen LogP contribution in [-0.4, -0.2) is 24.2 Å². The van der Waals surface area contributed by atoms with E-state index in [0.717, 1.165) is 33.1 Å². The van der Waals surface area contributed by atoms with E-state index in [0.29, 0.717) is 11.5 Å². The molecule has 0 unspecified atom stereocenters. The lowest BCUT2D eigenvalue weighted by Gasteiger charge is -2.09. The van der Waals surface area contributed by atoms with Gasteiger partial charge < -0.3 is 9.47 Å². The van der Waals surface area contributed by atoms with Gasteiger partial charge in [-0.25, -0.2) is 4.98 Å². The number of rotatable bonds is 5. The maximum atomic E-state index is 5.42. The van der Waals surface area contributed by atoms with Crippen LogP contribution in [0.25, 0.3) is 21.7 Å². The standard InChI is InChI=1S/C18H18N2O2S/c1-4-16-20-17(18(23-16)13-6-5-9-19-11-13)12-7-8-14(21-2)15(10-12)22-3/h5-11H,4H2,1-3H3. The van der Waals surface area contributed by atoms with Crippen LogP contribution in [0.1, 0.15) is 11.9 Å². The van der Waals surface area contributed by atoms with Crippen molar-refractivity contribution in [3.05, 3.63) is 47.7 Å². The molecule has 0 aliphatic heterocycles. The molecular formula is C18H18N2O2S. The first kappa shape index (κ1) is 15.5. The number of benzene rings is 1. The summed E-state index contributed by atoms with van der Waals surface area (Å²) >= 11 is 1.71. The summed E-state index contributed by atoms with van der Waals surface area (Å²) in [7, 11) is 3.28. The SMILES string of the molecule is CCc1nc(-c2ccc(OC)c(OC)c2)c(-c2cccnc2)s1. The van der Waals surface area contributed by atoms with Gasteiger partial charge >= 0.3 is 0 Å². The zero-order valence-corrected chi connectivity index (χ0v) is 14.2. The summed E-state index contributed by atoms with van der Waals surface area (Å²) in [5.41, 5.74) is 3.05. The smallest absolute Gasteiger partial charge is 0.161 e. The fourth-order valence-corrected chi connectivity index (χ4v) is 3.40. The average molecular weight is 326 g/mol. The summed E-state index contributed by atoms with van der Waals surface area (Å²) in [4.78, 5) is 10.2. The number of aryl methyl sites for hydroxylation is 1. The van der Waals surface area contributed by atoms with E-state index in [1.54, 1.807) is 31.8 Å². The summed E-state index contributed by atoms with van der Waals surface area (Å²) in [6, 6.07) is 9.89. The largest absolute Gasteiger partial charge is 0.493 e. The van der Waals surface area contributed by atoms with Gasteiger partial charge in [-0.3, -0.25) is 4.98 Å². The Balaban J connectivity index is 2.14. The lowest BCUT2D eigenvalue weighted by Crippen LogP contribution is -1.91. The Morgan fingerprint density at radius 1 is 1.04 bits per heavy atom. The second kappa shape index (κ2) is 6.79. The van der Waals surface area contributed by atoms with Gasteiger partial charge in [-0.15, -0.1) is 11.3 Å². The predicted octanol–water partition coefficient (Wildman–Crippen LogP) is 4.45. The minimum Gasteiger partial charge on any atom is -0.493 e.